The number of nitrogens with zero attached hydrogens (tertiary/aromatic N) is 2. The Labute approximate surface area is 77.7 Å². The molecule has 0 aromatic heterocycles. The van der Waals surface area contributed by atoms with Crippen LogP contribution in [0.15, 0.2) is 9.98 Å². The molecule has 0 aliphatic carbocycles. The minimum absolute atomic E-state index is 0.0921. The lowest BCUT2D eigenvalue weighted by Crippen LogP contribution is -2.32. The molecule has 0 radical (unpaired) electrons. The van der Waals surface area contributed by atoms with Gasteiger partial charge in [0.15, 0.2) is 11.7 Å². The molecule has 0 saturated heterocycles. The Hall–Kier alpha value is 0.0400. The lowest BCUT2D eigenvalue weighted by molar-refractivity contribution is 0.408. The van der Waals surface area contributed by atoms with Crippen molar-refractivity contribution in [3.8, 4) is 0 Å². The number of halogens is 3. The van der Waals surface area contributed by atoms with Crippen molar-refractivity contribution in [3.63, 3.8) is 0 Å². The van der Waals surface area contributed by atoms with Gasteiger partial charge in [0.25, 0.3) is 0 Å². The third-order valence-electron chi connectivity index (χ3n) is 1.35. The van der Waals surface area contributed by atoms with Gasteiger partial charge in [0, 0.05) is 0 Å². The predicted molar refractivity (Wildman–Crippen MR) is 48.9 cm³/mol. The number of rotatable bonds is 1. The maximum atomic E-state index is 13.1. The van der Waals surface area contributed by atoms with E-state index in [-0.39, 0.29) is 4.83 Å². The van der Waals surface area contributed by atoms with Crippen molar-refractivity contribution >= 4 is 39.6 Å². The van der Waals surface area contributed by atoms with Gasteiger partial charge in [-0.25, -0.2) is 9.38 Å². The summed E-state index contributed by atoms with van der Waals surface area (Å²) in [4.78, 5) is 7.29. The fourth-order valence-corrected chi connectivity index (χ4v) is 1.32. The van der Waals surface area contributed by atoms with Crippen molar-refractivity contribution in [2.75, 3.05) is 0 Å². The Bertz CT molecular complexity index is 205. The van der Waals surface area contributed by atoms with E-state index in [1.54, 1.807) is 6.92 Å². The van der Waals surface area contributed by atoms with Crippen molar-refractivity contribution in [3.05, 3.63) is 0 Å². The first kappa shape index (κ1) is 9.13. The van der Waals surface area contributed by atoms with E-state index in [1.165, 1.54) is 6.34 Å². The summed E-state index contributed by atoms with van der Waals surface area (Å²) in [6.07, 6.45) is 0.0249. The Morgan fingerprint density at radius 3 is 2.91 bits per heavy atom. The highest BCUT2D eigenvalue weighted by Gasteiger charge is 2.28. The Morgan fingerprint density at radius 1 is 1.82 bits per heavy atom. The van der Waals surface area contributed by atoms with Gasteiger partial charge >= 0.3 is 0 Å². The van der Waals surface area contributed by atoms with Crippen LogP contribution >= 0.6 is 27.5 Å². The Balaban J connectivity index is 2.78. The molecular formula is C6H7BrClFN2. The summed E-state index contributed by atoms with van der Waals surface area (Å²) >= 11 is 8.74. The van der Waals surface area contributed by atoms with Crippen molar-refractivity contribution in [2.24, 2.45) is 9.98 Å². The van der Waals surface area contributed by atoms with Crippen LogP contribution in [0.5, 0.6) is 0 Å². The van der Waals surface area contributed by atoms with Crippen LogP contribution in [0.1, 0.15) is 6.92 Å². The number of hydrogen-bond acceptors (Lipinski definition) is 2. The quantitative estimate of drug-likeness (QED) is 0.496. The van der Waals surface area contributed by atoms with Crippen molar-refractivity contribution in [2.45, 2.75) is 23.4 Å². The first-order valence-electron chi connectivity index (χ1n) is 3.14. The molecule has 0 saturated carbocycles. The first-order valence-corrected chi connectivity index (χ1v) is 4.49. The normalized spacial score (nSPS) is 33.3. The van der Waals surface area contributed by atoms with E-state index >= 15 is 0 Å². The standard InChI is InChI=1S/C6H7BrClFN2/c1-3(7)5-4(9)6(8)11-2-10-5/h2-4,6H,1H3. The zero-order chi connectivity index (χ0) is 8.43. The van der Waals surface area contributed by atoms with Crippen molar-refractivity contribution < 1.29 is 4.39 Å². The molecule has 0 N–H and O–H groups in total. The highest BCUT2D eigenvalue weighted by atomic mass is 79.9. The number of hydrogen-bond donors (Lipinski definition) is 0. The molecule has 0 amide bonds. The minimum Gasteiger partial charge on any atom is -0.251 e. The van der Waals surface area contributed by atoms with Crippen LogP contribution in [0.2, 0.25) is 0 Å². The van der Waals surface area contributed by atoms with Gasteiger partial charge in [-0.1, -0.05) is 27.5 Å². The van der Waals surface area contributed by atoms with Gasteiger partial charge < -0.3 is 0 Å². The van der Waals surface area contributed by atoms with E-state index in [2.05, 4.69) is 25.9 Å². The molecule has 0 bridgehead atoms. The zero-order valence-corrected chi connectivity index (χ0v) is 8.18. The summed E-state index contributed by atoms with van der Waals surface area (Å²) in [5.41, 5.74) is -0.414. The molecule has 0 fully saturated rings. The van der Waals surface area contributed by atoms with Gasteiger partial charge in [-0.2, -0.15) is 0 Å². The molecular weight excluding hydrogens is 234 g/mol. The molecule has 3 atom stereocenters. The molecule has 1 aliphatic heterocycles. The van der Waals surface area contributed by atoms with E-state index in [4.69, 9.17) is 11.6 Å². The van der Waals surface area contributed by atoms with Gasteiger partial charge in [0.2, 0.25) is 0 Å². The molecule has 11 heavy (non-hydrogen) atoms. The fourth-order valence-electron chi connectivity index (χ4n) is 0.773. The average molecular weight is 241 g/mol. The lowest BCUT2D eigenvalue weighted by atomic mass is 10.2. The second-order valence-electron chi connectivity index (χ2n) is 2.21. The summed E-state index contributed by atoms with van der Waals surface area (Å²) in [7, 11) is 0. The molecule has 62 valence electrons. The van der Waals surface area contributed by atoms with Crippen molar-refractivity contribution in [1.29, 1.82) is 0 Å². The van der Waals surface area contributed by atoms with Crippen molar-refractivity contribution in [1.82, 2.24) is 0 Å². The fraction of sp³-hybridized carbons (Fsp3) is 0.667. The molecule has 1 heterocycles. The minimum atomic E-state index is -1.27. The second-order valence-corrected chi connectivity index (χ2v) is 4.03. The molecule has 5 heteroatoms. The van der Waals surface area contributed by atoms with Gasteiger partial charge in [0.05, 0.1) is 10.5 Å². The summed E-state index contributed by atoms with van der Waals surface area (Å²) < 4.78 is 13.1. The van der Waals surface area contributed by atoms with E-state index in [0.717, 1.165) is 0 Å². The third-order valence-corrected chi connectivity index (χ3v) is 2.15. The Morgan fingerprint density at radius 2 is 2.45 bits per heavy atom. The number of alkyl halides is 3. The van der Waals surface area contributed by atoms with Crippen LogP contribution in [0.4, 0.5) is 4.39 Å². The predicted octanol–water partition coefficient (Wildman–Crippen LogP) is 2.16. The van der Waals surface area contributed by atoms with E-state index in [0.29, 0.717) is 5.71 Å². The molecule has 0 aromatic rings. The zero-order valence-electron chi connectivity index (χ0n) is 5.84. The van der Waals surface area contributed by atoms with E-state index in [9.17, 15) is 4.39 Å². The topological polar surface area (TPSA) is 24.7 Å². The maximum Gasteiger partial charge on any atom is 0.175 e. The van der Waals surface area contributed by atoms with E-state index < -0.39 is 11.7 Å². The first-order chi connectivity index (χ1) is 5.13. The lowest BCUT2D eigenvalue weighted by Gasteiger charge is -2.17. The number of aliphatic imine (C=N–C) groups is 2. The van der Waals surface area contributed by atoms with Gasteiger partial charge in [-0.15, -0.1) is 0 Å². The van der Waals surface area contributed by atoms with Crippen LogP contribution in [-0.4, -0.2) is 28.6 Å². The molecule has 0 spiro atoms. The molecule has 0 aromatic carbocycles. The van der Waals surface area contributed by atoms with Crippen LogP contribution < -0.4 is 0 Å². The monoisotopic (exact) mass is 240 g/mol. The summed E-state index contributed by atoms with van der Waals surface area (Å²) in [5, 5.41) is 0. The largest absolute Gasteiger partial charge is 0.251 e. The molecule has 3 unspecified atom stereocenters. The Kier molecular flexibility index (Phi) is 3.01. The van der Waals surface area contributed by atoms with Crippen LogP contribution in [0, 0.1) is 0 Å². The molecule has 1 aliphatic rings. The smallest absolute Gasteiger partial charge is 0.175 e. The summed E-state index contributed by atoms with van der Waals surface area (Å²) in [6, 6.07) is 0. The SMILES string of the molecule is CC(Br)C1=NC=NC(Cl)C1F. The van der Waals surface area contributed by atoms with Gasteiger partial charge in [-0.05, 0) is 6.92 Å². The van der Waals surface area contributed by atoms with Gasteiger partial charge in [-0.3, -0.25) is 4.99 Å². The third kappa shape index (κ3) is 1.99. The van der Waals surface area contributed by atoms with Crippen LogP contribution in [-0.2, 0) is 0 Å². The highest BCUT2D eigenvalue weighted by Crippen LogP contribution is 2.18. The molecule has 1 rings (SSSR count). The molecule has 2 nitrogen and oxygen atoms in total. The highest BCUT2D eigenvalue weighted by molar-refractivity contribution is 9.10. The van der Waals surface area contributed by atoms with Crippen LogP contribution in [0.3, 0.4) is 0 Å². The van der Waals surface area contributed by atoms with Crippen LogP contribution in [0.25, 0.3) is 0 Å². The summed E-state index contributed by atoms with van der Waals surface area (Å²) in [6.45, 7) is 1.80. The van der Waals surface area contributed by atoms with E-state index in [1.807, 2.05) is 0 Å². The van der Waals surface area contributed by atoms with Gasteiger partial charge in [0.1, 0.15) is 6.34 Å². The summed E-state index contributed by atoms with van der Waals surface area (Å²) in [5.74, 6) is 0. The maximum absolute atomic E-state index is 13.1. The average Bonchev–Trinajstić information content (AvgIpc) is 1.94. The second kappa shape index (κ2) is 3.63.